The summed E-state index contributed by atoms with van der Waals surface area (Å²) in [5, 5.41) is 0. The summed E-state index contributed by atoms with van der Waals surface area (Å²) < 4.78 is 7.82. The van der Waals surface area contributed by atoms with Crippen LogP contribution in [0.4, 0.5) is 0 Å². The maximum Gasteiger partial charge on any atom is 0.299 e. The van der Waals surface area contributed by atoms with Crippen LogP contribution in [0.3, 0.4) is 0 Å². The standard InChI is InChI=1S/C3H7Cl3O2Si/c1-2(8-9)7-3(4,5)6/h2H,1,9H3. The lowest BCUT2D eigenvalue weighted by atomic mass is 10.8. The van der Waals surface area contributed by atoms with E-state index in [1.165, 1.54) is 0 Å². The molecule has 0 aliphatic rings. The van der Waals surface area contributed by atoms with Crippen LogP contribution < -0.4 is 0 Å². The molecule has 0 bridgehead atoms. The number of alkyl halides is 3. The van der Waals surface area contributed by atoms with E-state index in [0.29, 0.717) is 10.5 Å². The monoisotopic (exact) mass is 208 g/mol. The molecule has 0 rings (SSSR count). The summed E-state index contributed by atoms with van der Waals surface area (Å²) in [5.41, 5.74) is 0. The van der Waals surface area contributed by atoms with Crippen molar-refractivity contribution in [3.05, 3.63) is 0 Å². The molecule has 2 nitrogen and oxygen atoms in total. The van der Waals surface area contributed by atoms with E-state index in [4.69, 9.17) is 44.0 Å². The summed E-state index contributed by atoms with van der Waals surface area (Å²) in [6, 6.07) is 0. The van der Waals surface area contributed by atoms with E-state index < -0.39 is 10.3 Å². The van der Waals surface area contributed by atoms with E-state index in [1.54, 1.807) is 6.92 Å². The topological polar surface area (TPSA) is 18.5 Å². The molecule has 0 N–H and O–H groups in total. The molecule has 0 saturated heterocycles. The second kappa shape index (κ2) is 4.01. The predicted molar refractivity (Wildman–Crippen MR) is 41.9 cm³/mol. The van der Waals surface area contributed by atoms with Gasteiger partial charge in [0, 0.05) is 0 Å². The molecule has 0 heterocycles. The van der Waals surface area contributed by atoms with Gasteiger partial charge in [0.1, 0.15) is 16.8 Å². The zero-order chi connectivity index (χ0) is 7.49. The van der Waals surface area contributed by atoms with Crippen molar-refractivity contribution in [2.24, 2.45) is 0 Å². The first-order valence-corrected chi connectivity index (χ1v) is 4.18. The normalized spacial score (nSPS) is 16.0. The third-order valence-electron chi connectivity index (χ3n) is 0.632. The van der Waals surface area contributed by atoms with E-state index >= 15 is 0 Å². The van der Waals surface area contributed by atoms with E-state index in [-0.39, 0.29) is 0 Å². The van der Waals surface area contributed by atoms with Crippen LogP contribution in [0.5, 0.6) is 0 Å². The molecule has 1 unspecified atom stereocenters. The van der Waals surface area contributed by atoms with Gasteiger partial charge in [-0.15, -0.1) is 0 Å². The molecule has 0 fully saturated rings. The van der Waals surface area contributed by atoms with Gasteiger partial charge < -0.3 is 9.16 Å². The molecular weight excluding hydrogens is 202 g/mol. The van der Waals surface area contributed by atoms with E-state index in [1.807, 2.05) is 0 Å². The molecule has 6 heteroatoms. The van der Waals surface area contributed by atoms with Gasteiger partial charge in [-0.05, 0) is 6.92 Å². The van der Waals surface area contributed by atoms with Gasteiger partial charge in [0.2, 0.25) is 0 Å². The molecule has 0 spiro atoms. The van der Waals surface area contributed by atoms with Crippen molar-refractivity contribution < 1.29 is 9.16 Å². The van der Waals surface area contributed by atoms with Gasteiger partial charge in [-0.2, -0.15) is 0 Å². The van der Waals surface area contributed by atoms with Crippen LogP contribution in [0.1, 0.15) is 6.92 Å². The highest BCUT2D eigenvalue weighted by atomic mass is 35.6. The van der Waals surface area contributed by atoms with Crippen LogP contribution >= 0.6 is 34.8 Å². The van der Waals surface area contributed by atoms with Crippen LogP contribution in [0.2, 0.25) is 0 Å². The Hall–Kier alpha value is 1.01. The maximum atomic E-state index is 5.25. The Bertz CT molecular complexity index is 83.6. The first-order valence-electron chi connectivity index (χ1n) is 2.23. The van der Waals surface area contributed by atoms with Gasteiger partial charge in [-0.1, -0.05) is 34.8 Å². The minimum atomic E-state index is -1.66. The predicted octanol–water partition coefficient (Wildman–Crippen LogP) is 0.974. The Morgan fingerprint density at radius 3 is 2.00 bits per heavy atom. The summed E-state index contributed by atoms with van der Waals surface area (Å²) in [4.78, 5) is 0. The molecule has 0 aromatic carbocycles. The van der Waals surface area contributed by atoms with Crippen molar-refractivity contribution in [2.45, 2.75) is 17.2 Å². The van der Waals surface area contributed by atoms with Gasteiger partial charge in [0.05, 0.1) is 0 Å². The Kier molecular flexibility index (Phi) is 4.45. The van der Waals surface area contributed by atoms with Crippen LogP contribution in [0.15, 0.2) is 0 Å². The van der Waals surface area contributed by atoms with E-state index in [2.05, 4.69) is 0 Å². The van der Waals surface area contributed by atoms with Gasteiger partial charge in [-0.3, -0.25) is 0 Å². The summed E-state index contributed by atoms with van der Waals surface area (Å²) in [6.45, 7) is 1.66. The summed E-state index contributed by atoms with van der Waals surface area (Å²) in [7, 11) is 0.565. The van der Waals surface area contributed by atoms with Gasteiger partial charge in [-0.25, -0.2) is 0 Å². The number of ether oxygens (including phenoxy) is 1. The van der Waals surface area contributed by atoms with Crippen molar-refractivity contribution in [1.29, 1.82) is 0 Å². The van der Waals surface area contributed by atoms with Crippen molar-refractivity contribution in [3.63, 3.8) is 0 Å². The summed E-state index contributed by atoms with van der Waals surface area (Å²) in [5.74, 6) is 0. The zero-order valence-corrected chi connectivity index (χ0v) is 9.30. The number of hydrogen-bond acceptors (Lipinski definition) is 2. The first kappa shape index (κ1) is 10.0. The molecule has 1 atom stereocenters. The highest BCUT2D eigenvalue weighted by Gasteiger charge is 2.22. The lowest BCUT2D eigenvalue weighted by Gasteiger charge is -2.17. The molecule has 0 aliphatic carbocycles. The van der Waals surface area contributed by atoms with Crippen LogP contribution in [0, 0.1) is 0 Å². The fourth-order valence-corrected chi connectivity index (χ4v) is 0.709. The third-order valence-corrected chi connectivity index (χ3v) is 1.56. The summed E-state index contributed by atoms with van der Waals surface area (Å²) >= 11 is 15.8. The zero-order valence-electron chi connectivity index (χ0n) is 5.03. The van der Waals surface area contributed by atoms with Gasteiger partial charge in [0.25, 0.3) is 3.98 Å². The minimum absolute atomic E-state index is 0.441. The average molecular weight is 210 g/mol. The van der Waals surface area contributed by atoms with Crippen LogP contribution in [-0.2, 0) is 9.16 Å². The fraction of sp³-hybridized carbons (Fsp3) is 1.00. The third kappa shape index (κ3) is 6.90. The highest BCUT2D eigenvalue weighted by Crippen LogP contribution is 2.28. The van der Waals surface area contributed by atoms with Crippen molar-refractivity contribution >= 4 is 45.3 Å². The molecule has 9 heavy (non-hydrogen) atoms. The van der Waals surface area contributed by atoms with Crippen molar-refractivity contribution in [2.75, 3.05) is 0 Å². The Morgan fingerprint density at radius 1 is 1.44 bits per heavy atom. The first-order chi connectivity index (χ1) is 3.95. The second-order valence-electron chi connectivity index (χ2n) is 1.37. The molecule has 0 radical (unpaired) electrons. The molecule has 0 aliphatic heterocycles. The highest BCUT2D eigenvalue weighted by molar-refractivity contribution is 6.66. The quantitative estimate of drug-likeness (QED) is 0.383. The fourth-order valence-electron chi connectivity index (χ4n) is 0.236. The van der Waals surface area contributed by atoms with Crippen molar-refractivity contribution in [1.82, 2.24) is 0 Å². The van der Waals surface area contributed by atoms with Crippen LogP contribution in [0.25, 0.3) is 0 Å². The maximum absolute atomic E-state index is 5.25. The lowest BCUT2D eigenvalue weighted by molar-refractivity contribution is -0.0678. The lowest BCUT2D eigenvalue weighted by Crippen LogP contribution is -2.19. The van der Waals surface area contributed by atoms with E-state index in [0.717, 1.165) is 0 Å². The Balaban J connectivity index is 3.47. The van der Waals surface area contributed by atoms with Crippen LogP contribution in [-0.4, -0.2) is 20.8 Å². The molecule has 0 aromatic rings. The second-order valence-corrected chi connectivity index (χ2v) is 4.02. The largest absolute Gasteiger partial charge is 0.404 e. The smallest absolute Gasteiger partial charge is 0.299 e. The molecular formula is C3H7Cl3O2Si. The molecule has 0 amide bonds. The Morgan fingerprint density at radius 2 is 1.89 bits per heavy atom. The molecule has 56 valence electrons. The number of rotatable bonds is 2. The molecule has 0 saturated carbocycles. The summed E-state index contributed by atoms with van der Waals surface area (Å²) in [6.07, 6.45) is -0.441. The van der Waals surface area contributed by atoms with Crippen molar-refractivity contribution in [3.8, 4) is 0 Å². The number of hydrogen-bond donors (Lipinski definition) is 0. The van der Waals surface area contributed by atoms with Gasteiger partial charge >= 0.3 is 0 Å². The Labute approximate surface area is 71.9 Å². The van der Waals surface area contributed by atoms with Gasteiger partial charge in [0.15, 0.2) is 0 Å². The SMILES string of the molecule is CC(O[SiH3])OC(Cl)(Cl)Cl. The molecule has 0 aromatic heterocycles. The average Bonchev–Trinajstić information content (AvgIpc) is 1.62. The minimum Gasteiger partial charge on any atom is -0.404 e. The van der Waals surface area contributed by atoms with E-state index in [9.17, 15) is 0 Å². The number of halogens is 3.